The number of thiazole rings is 1. The van der Waals surface area contributed by atoms with Crippen LogP contribution in [-0.4, -0.2) is 23.2 Å². The number of carbonyl (C=O) groups excluding carboxylic acids is 1. The van der Waals surface area contributed by atoms with Crippen LogP contribution in [0.25, 0.3) is 10.2 Å². The Labute approximate surface area is 121 Å². The Balaban J connectivity index is 1.77. The first-order chi connectivity index (χ1) is 9.29. The summed E-state index contributed by atoms with van der Waals surface area (Å²) in [5.74, 6) is 0.548. The lowest BCUT2D eigenvalue weighted by Crippen LogP contribution is -2.26. The fourth-order valence-electron chi connectivity index (χ4n) is 1.69. The van der Waals surface area contributed by atoms with Gasteiger partial charge in [0.2, 0.25) is 5.91 Å². The number of rotatable bonds is 7. The molecule has 0 saturated carbocycles. The van der Waals surface area contributed by atoms with Crippen LogP contribution < -0.4 is 5.32 Å². The van der Waals surface area contributed by atoms with Crippen molar-refractivity contribution in [3.8, 4) is 0 Å². The minimum atomic E-state index is 0.0976. The van der Waals surface area contributed by atoms with Crippen molar-refractivity contribution in [1.29, 1.82) is 0 Å². The van der Waals surface area contributed by atoms with Gasteiger partial charge in [-0.25, -0.2) is 4.98 Å². The van der Waals surface area contributed by atoms with Gasteiger partial charge in [-0.2, -0.15) is 0 Å². The zero-order valence-corrected chi connectivity index (χ0v) is 12.6. The van der Waals surface area contributed by atoms with Gasteiger partial charge in [0.05, 0.1) is 16.0 Å². The number of unbranched alkanes of at least 4 members (excludes halogenated alkanes) is 2. The molecule has 1 aromatic heterocycles. The molecule has 1 aromatic carbocycles. The van der Waals surface area contributed by atoms with Crippen molar-refractivity contribution in [2.24, 2.45) is 0 Å². The summed E-state index contributed by atoms with van der Waals surface area (Å²) in [6.45, 7) is 2.94. The van der Waals surface area contributed by atoms with E-state index in [2.05, 4.69) is 23.3 Å². The summed E-state index contributed by atoms with van der Waals surface area (Å²) in [5, 5.41) is 2.94. The number of carbonyl (C=O) groups is 1. The van der Waals surface area contributed by atoms with Gasteiger partial charge in [0.25, 0.3) is 0 Å². The van der Waals surface area contributed by atoms with Crippen molar-refractivity contribution in [2.75, 3.05) is 12.3 Å². The predicted octanol–water partition coefficient (Wildman–Crippen LogP) is 3.69. The van der Waals surface area contributed by atoms with E-state index in [1.54, 1.807) is 11.3 Å². The van der Waals surface area contributed by atoms with Gasteiger partial charge in [-0.05, 0) is 18.6 Å². The van der Waals surface area contributed by atoms with Gasteiger partial charge in [-0.1, -0.05) is 43.7 Å². The second-order valence-electron chi connectivity index (χ2n) is 4.29. The van der Waals surface area contributed by atoms with E-state index in [9.17, 15) is 4.79 Å². The quantitative estimate of drug-likeness (QED) is 0.625. The van der Waals surface area contributed by atoms with Gasteiger partial charge in [-0.15, -0.1) is 11.3 Å². The summed E-state index contributed by atoms with van der Waals surface area (Å²) >= 11 is 3.16. The normalized spacial score (nSPS) is 10.8. The van der Waals surface area contributed by atoms with E-state index in [4.69, 9.17) is 0 Å². The molecule has 1 amide bonds. The van der Waals surface area contributed by atoms with Gasteiger partial charge in [0, 0.05) is 6.54 Å². The molecule has 0 atom stereocenters. The number of hydrogen-bond acceptors (Lipinski definition) is 4. The van der Waals surface area contributed by atoms with Crippen LogP contribution in [0.4, 0.5) is 0 Å². The molecule has 0 radical (unpaired) electrons. The standard InChI is InChI=1S/C14H18N2OS2/c1-2-3-6-9-15-13(17)10-18-14-16-11-7-4-5-8-12(11)19-14/h4-5,7-8H,2-3,6,9-10H2,1H3,(H,15,17). The van der Waals surface area contributed by atoms with Crippen molar-refractivity contribution < 1.29 is 4.79 Å². The van der Waals surface area contributed by atoms with Crippen LogP contribution in [0.3, 0.4) is 0 Å². The van der Waals surface area contributed by atoms with Crippen molar-refractivity contribution in [2.45, 2.75) is 30.5 Å². The van der Waals surface area contributed by atoms with E-state index in [1.807, 2.05) is 18.2 Å². The smallest absolute Gasteiger partial charge is 0.230 e. The van der Waals surface area contributed by atoms with E-state index in [-0.39, 0.29) is 5.91 Å². The second-order valence-corrected chi connectivity index (χ2v) is 6.55. The molecule has 0 aliphatic rings. The van der Waals surface area contributed by atoms with Crippen LogP contribution in [0.15, 0.2) is 28.6 Å². The summed E-state index contributed by atoms with van der Waals surface area (Å²) < 4.78 is 2.14. The minimum Gasteiger partial charge on any atom is -0.355 e. The number of hydrogen-bond donors (Lipinski definition) is 1. The van der Waals surface area contributed by atoms with Crippen molar-refractivity contribution >= 4 is 39.2 Å². The summed E-state index contributed by atoms with van der Waals surface area (Å²) in [4.78, 5) is 16.1. The highest BCUT2D eigenvalue weighted by molar-refractivity contribution is 8.01. The number of benzene rings is 1. The highest BCUT2D eigenvalue weighted by Gasteiger charge is 2.06. The Kier molecular flexibility index (Phi) is 5.66. The second kappa shape index (κ2) is 7.50. The number of thioether (sulfide) groups is 1. The zero-order valence-electron chi connectivity index (χ0n) is 11.0. The molecular weight excluding hydrogens is 276 g/mol. The van der Waals surface area contributed by atoms with Gasteiger partial charge in [0.15, 0.2) is 4.34 Å². The van der Waals surface area contributed by atoms with Crippen molar-refractivity contribution in [3.05, 3.63) is 24.3 Å². The molecule has 0 aliphatic carbocycles. The van der Waals surface area contributed by atoms with Gasteiger partial charge in [0.1, 0.15) is 0 Å². The molecule has 2 rings (SSSR count). The molecule has 19 heavy (non-hydrogen) atoms. The highest BCUT2D eigenvalue weighted by Crippen LogP contribution is 2.28. The van der Waals surface area contributed by atoms with E-state index >= 15 is 0 Å². The molecule has 1 heterocycles. The Morgan fingerprint density at radius 3 is 3.00 bits per heavy atom. The largest absolute Gasteiger partial charge is 0.355 e. The van der Waals surface area contributed by atoms with Crippen LogP contribution in [0.1, 0.15) is 26.2 Å². The molecule has 0 aliphatic heterocycles. The molecule has 0 unspecified atom stereocenters. The number of nitrogens with zero attached hydrogens (tertiary/aromatic N) is 1. The third-order valence-electron chi connectivity index (χ3n) is 2.70. The fraction of sp³-hybridized carbons (Fsp3) is 0.429. The topological polar surface area (TPSA) is 42.0 Å². The molecule has 0 fully saturated rings. The third kappa shape index (κ3) is 4.51. The maximum atomic E-state index is 11.6. The molecular formula is C14H18N2OS2. The monoisotopic (exact) mass is 294 g/mol. The van der Waals surface area contributed by atoms with E-state index < -0.39 is 0 Å². The fourth-order valence-corrected chi connectivity index (χ4v) is 3.59. The van der Waals surface area contributed by atoms with Crippen LogP contribution in [0.5, 0.6) is 0 Å². The lowest BCUT2D eigenvalue weighted by atomic mass is 10.2. The number of para-hydroxylation sites is 1. The Morgan fingerprint density at radius 2 is 2.21 bits per heavy atom. The Morgan fingerprint density at radius 1 is 1.37 bits per heavy atom. The predicted molar refractivity (Wildman–Crippen MR) is 82.9 cm³/mol. The average Bonchev–Trinajstić information content (AvgIpc) is 2.84. The highest BCUT2D eigenvalue weighted by atomic mass is 32.2. The maximum Gasteiger partial charge on any atom is 0.230 e. The molecule has 5 heteroatoms. The molecule has 102 valence electrons. The SMILES string of the molecule is CCCCCNC(=O)CSc1nc2ccccc2s1. The van der Waals surface area contributed by atoms with Crippen LogP contribution in [0.2, 0.25) is 0 Å². The first kappa shape index (κ1) is 14.3. The molecule has 0 spiro atoms. The lowest BCUT2D eigenvalue weighted by molar-refractivity contribution is -0.118. The molecule has 0 saturated heterocycles. The summed E-state index contributed by atoms with van der Waals surface area (Å²) in [5.41, 5.74) is 1.01. The molecule has 3 nitrogen and oxygen atoms in total. The Hall–Kier alpha value is -1.07. The first-order valence-corrected chi connectivity index (χ1v) is 8.35. The summed E-state index contributed by atoms with van der Waals surface area (Å²) in [7, 11) is 0. The van der Waals surface area contributed by atoms with E-state index in [1.165, 1.54) is 29.3 Å². The van der Waals surface area contributed by atoms with E-state index in [0.29, 0.717) is 5.75 Å². The molecule has 2 aromatic rings. The van der Waals surface area contributed by atoms with Gasteiger partial charge < -0.3 is 5.32 Å². The lowest BCUT2D eigenvalue weighted by Gasteiger charge is -2.02. The third-order valence-corrected chi connectivity index (χ3v) is 4.88. The maximum absolute atomic E-state index is 11.6. The number of fused-ring (bicyclic) bond motifs is 1. The summed E-state index contributed by atoms with van der Waals surface area (Å²) in [6, 6.07) is 8.05. The number of aromatic nitrogens is 1. The number of nitrogens with one attached hydrogen (secondary N) is 1. The van der Waals surface area contributed by atoms with Crippen molar-refractivity contribution in [3.63, 3.8) is 0 Å². The van der Waals surface area contributed by atoms with E-state index in [0.717, 1.165) is 22.8 Å². The first-order valence-electron chi connectivity index (χ1n) is 6.54. The van der Waals surface area contributed by atoms with Crippen LogP contribution in [-0.2, 0) is 4.79 Å². The number of amides is 1. The van der Waals surface area contributed by atoms with Gasteiger partial charge in [-0.3, -0.25) is 4.79 Å². The zero-order chi connectivity index (χ0) is 13.5. The summed E-state index contributed by atoms with van der Waals surface area (Å²) in [6.07, 6.45) is 3.41. The molecule has 1 N–H and O–H groups in total. The Bertz CT molecular complexity index is 506. The van der Waals surface area contributed by atoms with Gasteiger partial charge >= 0.3 is 0 Å². The van der Waals surface area contributed by atoms with Crippen molar-refractivity contribution in [1.82, 2.24) is 10.3 Å². The van der Waals surface area contributed by atoms with Crippen LogP contribution >= 0.6 is 23.1 Å². The van der Waals surface area contributed by atoms with Crippen LogP contribution in [0, 0.1) is 0 Å². The molecule has 0 bridgehead atoms. The average molecular weight is 294 g/mol. The minimum absolute atomic E-state index is 0.0976.